The molecule has 1 atom stereocenters. The van der Waals surface area contributed by atoms with Crippen molar-refractivity contribution in [3.8, 4) is 11.5 Å². The van der Waals surface area contributed by atoms with Crippen molar-refractivity contribution in [2.45, 2.75) is 32.8 Å². The molecular weight excluding hydrogens is 300 g/mol. The number of rotatable bonds is 5. The number of carbonyl (C=O) groups is 1. The first-order chi connectivity index (χ1) is 8.36. The summed E-state index contributed by atoms with van der Waals surface area (Å²) in [6.45, 7) is 5.44. The van der Waals surface area contributed by atoms with Crippen molar-refractivity contribution in [3.05, 3.63) is 22.2 Å². The first-order valence-electron chi connectivity index (χ1n) is 5.63. The summed E-state index contributed by atoms with van der Waals surface area (Å²) in [5.74, 6) is -0.355. The zero-order chi connectivity index (χ0) is 13.9. The molecule has 0 aliphatic rings. The molecule has 0 aliphatic carbocycles. The Morgan fingerprint density at radius 2 is 1.89 bits per heavy atom. The van der Waals surface area contributed by atoms with Crippen LogP contribution in [0.3, 0.4) is 0 Å². The molecule has 1 N–H and O–H groups in total. The van der Waals surface area contributed by atoms with Crippen molar-refractivity contribution in [2.75, 3.05) is 7.11 Å². The van der Waals surface area contributed by atoms with E-state index in [9.17, 15) is 4.79 Å². The molecule has 1 aromatic rings. The van der Waals surface area contributed by atoms with E-state index in [0.717, 1.165) is 0 Å². The molecule has 0 saturated carbocycles. The van der Waals surface area contributed by atoms with Gasteiger partial charge in [-0.15, -0.1) is 0 Å². The Kier molecular flexibility index (Phi) is 5.02. The highest BCUT2D eigenvalue weighted by atomic mass is 79.9. The fourth-order valence-electron chi connectivity index (χ4n) is 1.52. The van der Waals surface area contributed by atoms with Gasteiger partial charge in [-0.05, 0) is 38.5 Å². The maximum atomic E-state index is 11.0. The number of hydrogen-bond acceptors (Lipinski definition) is 3. The van der Waals surface area contributed by atoms with Gasteiger partial charge < -0.3 is 14.6 Å². The topological polar surface area (TPSA) is 55.8 Å². The Morgan fingerprint density at radius 3 is 2.33 bits per heavy atom. The molecule has 100 valence electrons. The maximum Gasteiger partial charge on any atom is 0.310 e. The summed E-state index contributed by atoms with van der Waals surface area (Å²) < 4.78 is 11.5. The van der Waals surface area contributed by atoms with Crippen molar-refractivity contribution in [1.29, 1.82) is 0 Å². The first kappa shape index (κ1) is 14.8. The Labute approximate surface area is 115 Å². The van der Waals surface area contributed by atoms with E-state index in [2.05, 4.69) is 15.9 Å². The molecule has 1 unspecified atom stereocenters. The zero-order valence-electron chi connectivity index (χ0n) is 10.9. The molecule has 1 rings (SSSR count). The number of halogens is 1. The highest BCUT2D eigenvalue weighted by molar-refractivity contribution is 9.10. The van der Waals surface area contributed by atoms with Crippen molar-refractivity contribution >= 4 is 21.9 Å². The lowest BCUT2D eigenvalue weighted by atomic mass is 10.0. The standard InChI is InChI=1S/C13H17BrO4/c1-7(2)18-12-5-9(8(3)13(15)16)10(14)6-11(12)17-4/h5-8H,1-4H3,(H,15,16). The van der Waals surface area contributed by atoms with Gasteiger partial charge in [0.05, 0.1) is 19.1 Å². The van der Waals surface area contributed by atoms with Gasteiger partial charge in [-0.3, -0.25) is 4.79 Å². The quantitative estimate of drug-likeness (QED) is 0.904. The van der Waals surface area contributed by atoms with Gasteiger partial charge in [-0.25, -0.2) is 0 Å². The first-order valence-corrected chi connectivity index (χ1v) is 6.43. The molecule has 1 aromatic carbocycles. The molecule has 5 heteroatoms. The monoisotopic (exact) mass is 316 g/mol. The molecule has 0 bridgehead atoms. The Morgan fingerprint density at radius 1 is 1.28 bits per heavy atom. The molecule has 18 heavy (non-hydrogen) atoms. The minimum absolute atomic E-state index is 0.00643. The van der Waals surface area contributed by atoms with Gasteiger partial charge in [-0.2, -0.15) is 0 Å². The van der Waals surface area contributed by atoms with Gasteiger partial charge in [0.25, 0.3) is 0 Å². The number of carboxylic acid groups (broad SMARTS) is 1. The summed E-state index contributed by atoms with van der Waals surface area (Å²) >= 11 is 3.36. The van der Waals surface area contributed by atoms with E-state index in [4.69, 9.17) is 14.6 Å². The predicted octanol–water partition coefficient (Wildman–Crippen LogP) is 3.43. The van der Waals surface area contributed by atoms with Gasteiger partial charge in [0, 0.05) is 4.47 Å². The average Bonchev–Trinajstić information content (AvgIpc) is 2.29. The van der Waals surface area contributed by atoms with Crippen LogP contribution in [0.25, 0.3) is 0 Å². The fourth-order valence-corrected chi connectivity index (χ4v) is 2.19. The van der Waals surface area contributed by atoms with Gasteiger partial charge >= 0.3 is 5.97 Å². The fraction of sp³-hybridized carbons (Fsp3) is 0.462. The van der Waals surface area contributed by atoms with E-state index in [1.165, 1.54) is 0 Å². The lowest BCUT2D eigenvalue weighted by Gasteiger charge is -2.17. The van der Waals surface area contributed by atoms with E-state index < -0.39 is 11.9 Å². The largest absolute Gasteiger partial charge is 0.493 e. The number of benzene rings is 1. The lowest BCUT2D eigenvalue weighted by molar-refractivity contribution is -0.138. The lowest BCUT2D eigenvalue weighted by Crippen LogP contribution is -2.11. The van der Waals surface area contributed by atoms with Gasteiger partial charge in [0.2, 0.25) is 0 Å². The van der Waals surface area contributed by atoms with Crippen molar-refractivity contribution in [3.63, 3.8) is 0 Å². The van der Waals surface area contributed by atoms with Crippen LogP contribution < -0.4 is 9.47 Å². The molecule has 0 heterocycles. The second-order valence-corrected chi connectivity index (χ2v) is 5.11. The third-order valence-corrected chi connectivity index (χ3v) is 3.17. The number of hydrogen-bond donors (Lipinski definition) is 1. The summed E-state index contributed by atoms with van der Waals surface area (Å²) in [5.41, 5.74) is 0.666. The molecule has 0 saturated heterocycles. The molecule has 0 aliphatic heterocycles. The van der Waals surface area contributed by atoms with Crippen LogP contribution in [0.5, 0.6) is 11.5 Å². The maximum absolute atomic E-state index is 11.0. The molecule has 0 aromatic heterocycles. The Bertz CT molecular complexity index is 443. The SMILES string of the molecule is COc1cc(Br)c(C(C)C(=O)O)cc1OC(C)C. The van der Waals surface area contributed by atoms with Gasteiger partial charge in [0.1, 0.15) is 0 Å². The Hall–Kier alpha value is -1.23. The summed E-state index contributed by atoms with van der Waals surface area (Å²) in [7, 11) is 1.55. The molecule has 0 radical (unpaired) electrons. The Balaban J connectivity index is 3.24. The molecule has 0 spiro atoms. The molecule has 0 amide bonds. The number of aliphatic carboxylic acids is 1. The smallest absolute Gasteiger partial charge is 0.310 e. The molecule has 4 nitrogen and oxygen atoms in total. The molecular formula is C13H17BrO4. The highest BCUT2D eigenvalue weighted by Gasteiger charge is 2.20. The van der Waals surface area contributed by atoms with Crippen LogP contribution in [0.1, 0.15) is 32.3 Å². The van der Waals surface area contributed by atoms with Crippen LogP contribution in [-0.4, -0.2) is 24.3 Å². The second-order valence-electron chi connectivity index (χ2n) is 4.25. The van der Waals surface area contributed by atoms with E-state index >= 15 is 0 Å². The van der Waals surface area contributed by atoms with Crippen molar-refractivity contribution in [2.24, 2.45) is 0 Å². The van der Waals surface area contributed by atoms with E-state index in [1.54, 1.807) is 26.2 Å². The van der Waals surface area contributed by atoms with Gasteiger partial charge in [-0.1, -0.05) is 15.9 Å². The number of carboxylic acids is 1. The van der Waals surface area contributed by atoms with Gasteiger partial charge in [0.15, 0.2) is 11.5 Å². The summed E-state index contributed by atoms with van der Waals surface area (Å²) in [6, 6.07) is 3.44. The summed E-state index contributed by atoms with van der Waals surface area (Å²) in [6.07, 6.45) is -0.00643. The molecule has 0 fully saturated rings. The summed E-state index contributed by atoms with van der Waals surface area (Å²) in [5, 5.41) is 9.07. The van der Waals surface area contributed by atoms with Crippen LogP contribution in [0.2, 0.25) is 0 Å². The van der Waals surface area contributed by atoms with Crippen LogP contribution in [0.15, 0.2) is 16.6 Å². The van der Waals surface area contributed by atoms with E-state index in [-0.39, 0.29) is 6.10 Å². The van der Waals surface area contributed by atoms with Crippen LogP contribution >= 0.6 is 15.9 Å². The van der Waals surface area contributed by atoms with Crippen LogP contribution in [0.4, 0.5) is 0 Å². The second kappa shape index (κ2) is 6.09. The minimum atomic E-state index is -0.878. The third kappa shape index (κ3) is 3.38. The average molecular weight is 317 g/mol. The van der Waals surface area contributed by atoms with E-state index in [1.807, 2.05) is 13.8 Å². The van der Waals surface area contributed by atoms with Crippen molar-refractivity contribution in [1.82, 2.24) is 0 Å². The summed E-state index contributed by atoms with van der Waals surface area (Å²) in [4.78, 5) is 11.0. The third-order valence-electron chi connectivity index (χ3n) is 2.48. The normalized spacial score (nSPS) is 12.3. The zero-order valence-corrected chi connectivity index (χ0v) is 12.4. The predicted molar refractivity (Wildman–Crippen MR) is 72.5 cm³/mol. The van der Waals surface area contributed by atoms with Crippen LogP contribution in [0, 0.1) is 0 Å². The minimum Gasteiger partial charge on any atom is -0.493 e. The highest BCUT2D eigenvalue weighted by Crippen LogP contribution is 2.37. The number of methoxy groups -OCH3 is 1. The number of ether oxygens (including phenoxy) is 2. The van der Waals surface area contributed by atoms with Crippen molar-refractivity contribution < 1.29 is 19.4 Å². The van der Waals surface area contributed by atoms with Crippen LogP contribution in [-0.2, 0) is 4.79 Å². The van der Waals surface area contributed by atoms with E-state index in [0.29, 0.717) is 21.5 Å².